The quantitative estimate of drug-likeness (QED) is 0.428. The molecule has 2 aliphatic rings. The number of benzene rings is 2. The molecular formula is C23H19N3O3S2. The lowest BCUT2D eigenvalue weighted by molar-refractivity contribution is -0.122. The number of rotatable bonds is 5. The molecule has 0 spiro atoms. The number of hydrogen-bond donors (Lipinski definition) is 1. The average Bonchev–Trinajstić information content (AvgIpc) is 3.16. The van der Waals surface area contributed by atoms with Crippen LogP contribution in [0.15, 0.2) is 66.1 Å². The number of amides is 3. The van der Waals surface area contributed by atoms with E-state index in [-0.39, 0.29) is 41.3 Å². The molecule has 0 bridgehead atoms. The Morgan fingerprint density at radius 3 is 2.65 bits per heavy atom. The largest absolute Gasteiger partial charge is 0.325 e. The number of carbonyl (C=O) groups is 3. The first kappa shape index (κ1) is 21.0. The van der Waals surface area contributed by atoms with Crippen molar-refractivity contribution in [1.29, 1.82) is 0 Å². The Morgan fingerprint density at radius 1 is 1.13 bits per heavy atom. The van der Waals surface area contributed by atoms with E-state index in [0.29, 0.717) is 21.3 Å². The maximum absolute atomic E-state index is 13.3. The standard InChI is InChI=1S/C23H19N3O3S2/c1-3-11-25-22(29)20(31-23(25)30)19-16-9-4-5-10-17(16)26(21(19)28)13-18(27)24-15-8-6-7-14(2)12-15/h3-10,12H,1,11,13H2,2H3,(H,24,27)/b20-19-. The van der Waals surface area contributed by atoms with E-state index in [0.717, 1.165) is 17.3 Å². The van der Waals surface area contributed by atoms with Crippen LogP contribution in [0.5, 0.6) is 0 Å². The van der Waals surface area contributed by atoms with E-state index in [1.54, 1.807) is 36.4 Å². The Balaban J connectivity index is 1.65. The van der Waals surface area contributed by atoms with Crippen molar-refractivity contribution in [3.8, 4) is 0 Å². The fourth-order valence-corrected chi connectivity index (χ4v) is 4.91. The molecule has 31 heavy (non-hydrogen) atoms. The van der Waals surface area contributed by atoms with Crippen molar-refractivity contribution < 1.29 is 14.4 Å². The van der Waals surface area contributed by atoms with E-state index >= 15 is 0 Å². The molecule has 0 aromatic heterocycles. The van der Waals surface area contributed by atoms with Gasteiger partial charge < -0.3 is 5.32 Å². The molecule has 3 amide bonds. The Morgan fingerprint density at radius 2 is 1.90 bits per heavy atom. The van der Waals surface area contributed by atoms with Gasteiger partial charge in [-0.1, -0.05) is 60.4 Å². The molecule has 1 fully saturated rings. The topological polar surface area (TPSA) is 69.7 Å². The molecule has 0 saturated carbocycles. The van der Waals surface area contributed by atoms with Crippen molar-refractivity contribution in [2.75, 3.05) is 23.3 Å². The van der Waals surface area contributed by atoms with Crippen molar-refractivity contribution in [3.05, 3.63) is 77.2 Å². The van der Waals surface area contributed by atoms with Crippen molar-refractivity contribution in [2.24, 2.45) is 0 Å². The maximum Gasteiger partial charge on any atom is 0.267 e. The van der Waals surface area contributed by atoms with Gasteiger partial charge in [-0.2, -0.15) is 0 Å². The fourth-order valence-electron chi connectivity index (χ4n) is 3.56. The van der Waals surface area contributed by atoms with Crippen LogP contribution in [-0.4, -0.2) is 40.0 Å². The zero-order valence-corrected chi connectivity index (χ0v) is 18.4. The molecule has 0 radical (unpaired) electrons. The normalized spacial score (nSPS) is 17.9. The minimum absolute atomic E-state index is 0.166. The van der Waals surface area contributed by atoms with Crippen molar-refractivity contribution >= 4 is 63.0 Å². The number of carbonyl (C=O) groups excluding carboxylic acids is 3. The van der Waals surface area contributed by atoms with Crippen molar-refractivity contribution in [2.45, 2.75) is 6.92 Å². The predicted molar refractivity (Wildman–Crippen MR) is 128 cm³/mol. The first-order chi connectivity index (χ1) is 14.9. The van der Waals surface area contributed by atoms with Gasteiger partial charge in [0.15, 0.2) is 0 Å². The van der Waals surface area contributed by atoms with Gasteiger partial charge in [-0.25, -0.2) is 0 Å². The number of nitrogens with zero attached hydrogens (tertiary/aromatic N) is 2. The van der Waals surface area contributed by atoms with Gasteiger partial charge in [0.05, 0.1) is 16.2 Å². The summed E-state index contributed by atoms with van der Waals surface area (Å²) in [5.74, 6) is -1.03. The highest BCUT2D eigenvalue weighted by Gasteiger charge is 2.42. The lowest BCUT2D eigenvalue weighted by Crippen LogP contribution is -2.35. The minimum atomic E-state index is -0.389. The molecule has 2 heterocycles. The van der Waals surface area contributed by atoms with E-state index in [1.807, 2.05) is 25.1 Å². The Kier molecular flexibility index (Phi) is 5.75. The number of aryl methyl sites for hydroxylation is 1. The number of thiocarbonyl (C=S) groups is 1. The molecule has 0 unspecified atom stereocenters. The smallest absolute Gasteiger partial charge is 0.267 e. The summed E-state index contributed by atoms with van der Waals surface area (Å²) in [5.41, 5.74) is 3.17. The fraction of sp³-hybridized carbons (Fsp3) is 0.130. The Labute approximate surface area is 189 Å². The second-order valence-electron chi connectivity index (χ2n) is 7.10. The lowest BCUT2D eigenvalue weighted by atomic mass is 10.1. The first-order valence-corrected chi connectivity index (χ1v) is 10.8. The zero-order chi connectivity index (χ0) is 22.1. The number of thioether (sulfide) groups is 1. The molecule has 0 atom stereocenters. The molecule has 156 valence electrons. The van der Waals surface area contributed by atoms with Crippen molar-refractivity contribution in [1.82, 2.24) is 4.90 Å². The molecule has 8 heteroatoms. The third-order valence-corrected chi connectivity index (χ3v) is 6.36. The van der Waals surface area contributed by atoms with Crippen LogP contribution >= 0.6 is 24.0 Å². The molecule has 2 aromatic carbocycles. The van der Waals surface area contributed by atoms with Crippen LogP contribution < -0.4 is 10.2 Å². The summed E-state index contributed by atoms with van der Waals surface area (Å²) in [6.07, 6.45) is 1.59. The van der Waals surface area contributed by atoms with E-state index < -0.39 is 0 Å². The van der Waals surface area contributed by atoms with Crippen LogP contribution in [0.4, 0.5) is 11.4 Å². The summed E-state index contributed by atoms with van der Waals surface area (Å²) in [6, 6.07) is 14.6. The molecule has 0 aliphatic carbocycles. The van der Waals surface area contributed by atoms with E-state index in [4.69, 9.17) is 12.2 Å². The zero-order valence-electron chi connectivity index (χ0n) is 16.8. The average molecular weight is 450 g/mol. The van der Waals surface area contributed by atoms with Crippen LogP contribution in [0.3, 0.4) is 0 Å². The molecule has 1 saturated heterocycles. The second kappa shape index (κ2) is 8.49. The summed E-state index contributed by atoms with van der Waals surface area (Å²) in [6.45, 7) is 5.70. The van der Waals surface area contributed by atoms with Crippen LogP contribution in [0.1, 0.15) is 11.1 Å². The molecule has 4 rings (SSSR count). The van der Waals surface area contributed by atoms with Crippen LogP contribution in [-0.2, 0) is 14.4 Å². The van der Waals surface area contributed by atoms with Gasteiger partial charge in [-0.15, -0.1) is 6.58 Å². The van der Waals surface area contributed by atoms with Gasteiger partial charge in [0.2, 0.25) is 5.91 Å². The van der Waals surface area contributed by atoms with Crippen LogP contribution in [0.2, 0.25) is 0 Å². The van der Waals surface area contributed by atoms with E-state index in [1.165, 1.54) is 9.80 Å². The lowest BCUT2D eigenvalue weighted by Gasteiger charge is -2.17. The second-order valence-corrected chi connectivity index (χ2v) is 8.75. The van der Waals surface area contributed by atoms with Gasteiger partial charge in [0, 0.05) is 17.8 Å². The monoisotopic (exact) mass is 449 g/mol. The number of nitrogens with one attached hydrogen (secondary N) is 1. The van der Waals surface area contributed by atoms with Gasteiger partial charge in [-0.3, -0.25) is 24.2 Å². The summed E-state index contributed by atoms with van der Waals surface area (Å²) < 4.78 is 0.383. The molecular weight excluding hydrogens is 430 g/mol. The third-order valence-electron chi connectivity index (χ3n) is 4.91. The number of hydrogen-bond acceptors (Lipinski definition) is 5. The first-order valence-electron chi connectivity index (χ1n) is 9.57. The molecule has 2 aliphatic heterocycles. The summed E-state index contributed by atoms with van der Waals surface area (Å²) in [7, 11) is 0. The maximum atomic E-state index is 13.3. The van der Waals surface area contributed by atoms with E-state index in [2.05, 4.69) is 11.9 Å². The van der Waals surface area contributed by atoms with Gasteiger partial charge in [-0.05, 0) is 30.7 Å². The van der Waals surface area contributed by atoms with Gasteiger partial charge >= 0.3 is 0 Å². The summed E-state index contributed by atoms with van der Waals surface area (Å²) in [4.78, 5) is 42.0. The SMILES string of the molecule is C=CCN1C(=O)/C(=C2/C(=O)N(CC(=O)Nc3cccc(C)c3)c3ccccc32)SC1=S. The highest BCUT2D eigenvalue weighted by atomic mass is 32.2. The highest BCUT2D eigenvalue weighted by molar-refractivity contribution is 8.26. The molecule has 2 aromatic rings. The van der Waals surface area contributed by atoms with Gasteiger partial charge in [0.25, 0.3) is 11.8 Å². The summed E-state index contributed by atoms with van der Waals surface area (Å²) in [5, 5.41) is 2.82. The highest BCUT2D eigenvalue weighted by Crippen LogP contribution is 2.44. The minimum Gasteiger partial charge on any atom is -0.325 e. The molecule has 1 N–H and O–H groups in total. The summed E-state index contributed by atoms with van der Waals surface area (Å²) >= 11 is 6.42. The van der Waals surface area contributed by atoms with E-state index in [9.17, 15) is 14.4 Å². The Hall–Kier alpha value is -3.23. The van der Waals surface area contributed by atoms with Gasteiger partial charge in [0.1, 0.15) is 10.9 Å². The number of fused-ring (bicyclic) bond motifs is 1. The van der Waals surface area contributed by atoms with Crippen LogP contribution in [0.25, 0.3) is 5.57 Å². The number of para-hydroxylation sites is 1. The predicted octanol–water partition coefficient (Wildman–Crippen LogP) is 3.74. The van der Waals surface area contributed by atoms with Crippen molar-refractivity contribution in [3.63, 3.8) is 0 Å². The third kappa shape index (κ3) is 3.92. The Bertz CT molecular complexity index is 1170. The molecule has 6 nitrogen and oxygen atoms in total. The number of anilines is 2. The van der Waals surface area contributed by atoms with Crippen LogP contribution in [0, 0.1) is 6.92 Å².